The third-order valence-electron chi connectivity index (χ3n) is 1.84. The first-order valence-corrected chi connectivity index (χ1v) is 3.46. The number of hydrogen-bond donors (Lipinski definition) is 2. The third-order valence-corrected chi connectivity index (χ3v) is 1.84. The number of aromatic amines is 2. The van der Waals surface area contributed by atoms with Gasteiger partial charge in [0, 0.05) is 13.2 Å². The number of rotatable bonds is 0. The molecule has 0 saturated carbocycles. The van der Waals surface area contributed by atoms with E-state index in [0.717, 1.165) is 0 Å². The lowest BCUT2D eigenvalue weighted by atomic mass is 10.4. The molecule has 0 fully saturated rings. The minimum atomic E-state index is -0.396. The summed E-state index contributed by atoms with van der Waals surface area (Å²) in [4.78, 5) is 27.1. The van der Waals surface area contributed by atoms with Gasteiger partial charge in [0.05, 0.1) is 5.52 Å². The van der Waals surface area contributed by atoms with Crippen LogP contribution in [0.3, 0.4) is 0 Å². The van der Waals surface area contributed by atoms with E-state index in [1.54, 1.807) is 19.3 Å². The van der Waals surface area contributed by atoms with E-state index in [9.17, 15) is 9.59 Å². The molecule has 0 radical (unpaired) electrons. The van der Waals surface area contributed by atoms with Crippen LogP contribution >= 0.6 is 0 Å². The van der Waals surface area contributed by atoms with Gasteiger partial charge in [-0.3, -0.25) is 14.3 Å². The zero-order chi connectivity index (χ0) is 8.72. The van der Waals surface area contributed by atoms with E-state index in [1.165, 1.54) is 4.57 Å². The number of aromatic nitrogens is 3. The molecule has 0 bridgehead atoms. The van der Waals surface area contributed by atoms with Crippen LogP contribution in [0.5, 0.6) is 0 Å². The maximum Gasteiger partial charge on any atom is 0.328 e. The van der Waals surface area contributed by atoms with Crippen molar-refractivity contribution < 1.29 is 0 Å². The Morgan fingerprint density at radius 3 is 2.92 bits per heavy atom. The van der Waals surface area contributed by atoms with E-state index in [4.69, 9.17) is 0 Å². The highest BCUT2D eigenvalue weighted by molar-refractivity contribution is 5.73. The van der Waals surface area contributed by atoms with Gasteiger partial charge >= 0.3 is 5.69 Å². The van der Waals surface area contributed by atoms with Crippen molar-refractivity contribution in [1.29, 1.82) is 0 Å². The molecular formula is C7H7N3O2. The molecule has 2 N–H and O–H groups in total. The number of H-pyrrole nitrogens is 2. The lowest BCUT2D eigenvalue weighted by Crippen LogP contribution is -2.27. The predicted molar refractivity (Wildman–Crippen MR) is 44.2 cm³/mol. The van der Waals surface area contributed by atoms with Crippen LogP contribution < -0.4 is 11.2 Å². The van der Waals surface area contributed by atoms with Gasteiger partial charge in [0.25, 0.3) is 5.56 Å². The molecular weight excluding hydrogens is 158 g/mol. The van der Waals surface area contributed by atoms with Crippen LogP contribution in [-0.4, -0.2) is 14.5 Å². The predicted octanol–water partition coefficient (Wildman–Crippen LogP) is -0.445. The van der Waals surface area contributed by atoms with Crippen molar-refractivity contribution in [2.24, 2.45) is 7.05 Å². The highest BCUT2D eigenvalue weighted by atomic mass is 16.2. The van der Waals surface area contributed by atoms with Crippen LogP contribution in [0.4, 0.5) is 0 Å². The monoisotopic (exact) mass is 165 g/mol. The average molecular weight is 165 g/mol. The van der Waals surface area contributed by atoms with E-state index in [2.05, 4.69) is 9.97 Å². The summed E-state index contributed by atoms with van der Waals surface area (Å²) in [5.74, 6) is 0. The van der Waals surface area contributed by atoms with Crippen LogP contribution in [0.25, 0.3) is 11.0 Å². The molecule has 0 aliphatic carbocycles. The molecule has 2 rings (SSSR count). The number of fused-ring (bicyclic) bond motifs is 1. The molecule has 2 aromatic rings. The van der Waals surface area contributed by atoms with Gasteiger partial charge in [0.2, 0.25) is 0 Å². The van der Waals surface area contributed by atoms with E-state index in [-0.39, 0.29) is 5.56 Å². The van der Waals surface area contributed by atoms with Crippen molar-refractivity contribution in [3.63, 3.8) is 0 Å². The zero-order valence-electron chi connectivity index (χ0n) is 6.42. The average Bonchev–Trinajstić information content (AvgIpc) is 2.48. The molecule has 0 atom stereocenters. The van der Waals surface area contributed by atoms with Gasteiger partial charge in [-0.25, -0.2) is 4.79 Å². The number of nitrogens with zero attached hydrogens (tertiary/aromatic N) is 1. The highest BCUT2D eigenvalue weighted by Crippen LogP contribution is 2.01. The Kier molecular flexibility index (Phi) is 1.21. The van der Waals surface area contributed by atoms with E-state index in [1.807, 2.05) is 0 Å². The second-order valence-corrected chi connectivity index (χ2v) is 2.56. The summed E-state index contributed by atoms with van der Waals surface area (Å²) < 4.78 is 1.38. The molecule has 0 aliphatic heterocycles. The topological polar surface area (TPSA) is 70.7 Å². The van der Waals surface area contributed by atoms with Gasteiger partial charge in [-0.05, 0) is 6.07 Å². The van der Waals surface area contributed by atoms with Crippen molar-refractivity contribution >= 4 is 11.0 Å². The molecule has 0 amide bonds. The van der Waals surface area contributed by atoms with E-state index in [0.29, 0.717) is 11.0 Å². The smallest absolute Gasteiger partial charge is 0.328 e. The molecule has 2 heterocycles. The maximum absolute atomic E-state index is 11.1. The standard InChI is InChI=1S/C7H7N3O2/c1-10-4-2-3-8-5(4)6(11)9-7(10)12/h2-3,8H,1H3,(H,9,11,12). The number of nitrogens with one attached hydrogen (secondary N) is 2. The van der Waals surface area contributed by atoms with E-state index >= 15 is 0 Å². The van der Waals surface area contributed by atoms with Crippen LogP contribution in [0.1, 0.15) is 0 Å². The fraction of sp³-hybridized carbons (Fsp3) is 0.143. The van der Waals surface area contributed by atoms with Gasteiger partial charge in [-0.1, -0.05) is 0 Å². The maximum atomic E-state index is 11.1. The summed E-state index contributed by atoms with van der Waals surface area (Å²) in [6.07, 6.45) is 1.62. The van der Waals surface area contributed by atoms with Crippen LogP contribution in [-0.2, 0) is 7.05 Å². The normalized spacial score (nSPS) is 10.8. The largest absolute Gasteiger partial charge is 0.355 e. The quantitative estimate of drug-likeness (QED) is 0.555. The van der Waals surface area contributed by atoms with Gasteiger partial charge in [0.1, 0.15) is 5.52 Å². The summed E-state index contributed by atoms with van der Waals surface area (Å²) >= 11 is 0. The fourth-order valence-corrected chi connectivity index (χ4v) is 1.18. The third kappa shape index (κ3) is 0.730. The molecule has 5 heteroatoms. The van der Waals surface area contributed by atoms with Crippen molar-refractivity contribution in [3.05, 3.63) is 33.1 Å². The molecule has 12 heavy (non-hydrogen) atoms. The van der Waals surface area contributed by atoms with Crippen molar-refractivity contribution in [2.45, 2.75) is 0 Å². The van der Waals surface area contributed by atoms with Crippen molar-refractivity contribution in [1.82, 2.24) is 14.5 Å². The Morgan fingerprint density at radius 2 is 2.17 bits per heavy atom. The Hall–Kier alpha value is -1.78. The Bertz CT molecular complexity index is 531. The molecule has 0 saturated heterocycles. The minimum Gasteiger partial charge on any atom is -0.355 e. The van der Waals surface area contributed by atoms with Crippen LogP contribution in [0.2, 0.25) is 0 Å². The van der Waals surface area contributed by atoms with Crippen LogP contribution in [0.15, 0.2) is 21.9 Å². The Labute approximate surface area is 66.7 Å². The van der Waals surface area contributed by atoms with Crippen molar-refractivity contribution in [2.75, 3.05) is 0 Å². The van der Waals surface area contributed by atoms with Gasteiger partial charge in [-0.15, -0.1) is 0 Å². The second kappa shape index (κ2) is 2.10. The SMILES string of the molecule is Cn1c(=O)[nH]c(=O)c2[nH]ccc21. The molecule has 2 aromatic heterocycles. The first-order valence-electron chi connectivity index (χ1n) is 3.46. The molecule has 5 nitrogen and oxygen atoms in total. The molecule has 62 valence electrons. The van der Waals surface area contributed by atoms with Gasteiger partial charge < -0.3 is 4.98 Å². The summed E-state index contributed by atoms with van der Waals surface area (Å²) in [6, 6.07) is 1.69. The summed E-state index contributed by atoms with van der Waals surface area (Å²) in [7, 11) is 1.61. The summed E-state index contributed by atoms with van der Waals surface area (Å²) in [5, 5.41) is 0. The van der Waals surface area contributed by atoms with Gasteiger partial charge in [0.15, 0.2) is 0 Å². The second-order valence-electron chi connectivity index (χ2n) is 2.56. The molecule has 0 unspecified atom stereocenters. The fourth-order valence-electron chi connectivity index (χ4n) is 1.18. The van der Waals surface area contributed by atoms with E-state index < -0.39 is 5.69 Å². The first-order chi connectivity index (χ1) is 5.70. The molecule has 0 aliphatic rings. The van der Waals surface area contributed by atoms with Crippen molar-refractivity contribution in [3.8, 4) is 0 Å². The van der Waals surface area contributed by atoms with Crippen LogP contribution in [0, 0.1) is 0 Å². The lowest BCUT2D eigenvalue weighted by molar-refractivity contribution is 0.843. The molecule has 0 spiro atoms. The lowest BCUT2D eigenvalue weighted by Gasteiger charge is -1.96. The molecule has 0 aromatic carbocycles. The Morgan fingerprint density at radius 1 is 1.42 bits per heavy atom. The Balaban J connectivity index is 3.18. The minimum absolute atomic E-state index is 0.377. The summed E-state index contributed by atoms with van der Waals surface area (Å²) in [6.45, 7) is 0. The number of hydrogen-bond acceptors (Lipinski definition) is 2. The first kappa shape index (κ1) is 6.90. The summed E-state index contributed by atoms with van der Waals surface area (Å²) in [5.41, 5.74) is 0.269. The van der Waals surface area contributed by atoms with Gasteiger partial charge in [-0.2, -0.15) is 0 Å². The zero-order valence-corrected chi connectivity index (χ0v) is 6.42. The number of aryl methyl sites for hydroxylation is 1. The highest BCUT2D eigenvalue weighted by Gasteiger charge is 2.03.